The lowest BCUT2D eigenvalue weighted by atomic mass is 10.1. The zero-order valence-corrected chi connectivity index (χ0v) is 11.4. The molecule has 0 saturated carbocycles. The van der Waals surface area contributed by atoms with Gasteiger partial charge in [0.05, 0.1) is 45.1 Å². The predicted molar refractivity (Wildman–Crippen MR) is 65.8 cm³/mol. The van der Waals surface area contributed by atoms with Gasteiger partial charge >= 0.3 is 5.97 Å². The Morgan fingerprint density at radius 1 is 1.06 bits per heavy atom. The predicted octanol–water partition coefficient (Wildman–Crippen LogP) is 0.934. The SMILES string of the molecule is COCCOC(C)CC(CC(=O)O)OCCOC. The Hall–Kier alpha value is -0.690. The molecule has 0 fully saturated rings. The minimum atomic E-state index is -0.874. The van der Waals surface area contributed by atoms with Gasteiger partial charge in [-0.3, -0.25) is 4.79 Å². The van der Waals surface area contributed by atoms with Crippen LogP contribution in [0.1, 0.15) is 19.8 Å². The lowest BCUT2D eigenvalue weighted by molar-refractivity contribution is -0.141. The van der Waals surface area contributed by atoms with Crippen LogP contribution in [0.25, 0.3) is 0 Å². The monoisotopic (exact) mass is 264 g/mol. The number of hydrogen-bond acceptors (Lipinski definition) is 5. The zero-order chi connectivity index (χ0) is 13.8. The molecule has 0 aromatic carbocycles. The first kappa shape index (κ1) is 17.3. The second-order valence-corrected chi connectivity index (χ2v) is 3.99. The van der Waals surface area contributed by atoms with E-state index in [9.17, 15) is 4.79 Å². The molecule has 0 bridgehead atoms. The van der Waals surface area contributed by atoms with E-state index in [0.29, 0.717) is 32.8 Å². The number of carboxylic acids is 1. The molecule has 108 valence electrons. The standard InChI is InChI=1S/C12H24O6/c1-10(17-6-4-15-2)8-11(9-12(13)14)18-7-5-16-3/h10-11H,4-9H2,1-3H3,(H,13,14). The van der Waals surface area contributed by atoms with Crippen LogP contribution >= 0.6 is 0 Å². The number of carbonyl (C=O) groups is 1. The largest absolute Gasteiger partial charge is 0.481 e. The van der Waals surface area contributed by atoms with Crippen LogP contribution in [0.3, 0.4) is 0 Å². The number of rotatable bonds is 12. The van der Waals surface area contributed by atoms with Crippen LogP contribution in [0.4, 0.5) is 0 Å². The zero-order valence-electron chi connectivity index (χ0n) is 11.4. The smallest absolute Gasteiger partial charge is 0.305 e. The third kappa shape index (κ3) is 10.5. The van der Waals surface area contributed by atoms with E-state index < -0.39 is 5.97 Å². The molecular weight excluding hydrogens is 240 g/mol. The lowest BCUT2D eigenvalue weighted by Crippen LogP contribution is -2.26. The van der Waals surface area contributed by atoms with Gasteiger partial charge in [0.25, 0.3) is 0 Å². The molecule has 0 aromatic heterocycles. The molecule has 0 saturated heterocycles. The number of methoxy groups -OCH3 is 2. The molecule has 6 nitrogen and oxygen atoms in total. The summed E-state index contributed by atoms with van der Waals surface area (Å²) in [6.45, 7) is 3.76. The van der Waals surface area contributed by atoms with Crippen molar-refractivity contribution in [3.05, 3.63) is 0 Å². The molecule has 0 aliphatic carbocycles. The molecule has 2 atom stereocenters. The Morgan fingerprint density at radius 2 is 1.61 bits per heavy atom. The fourth-order valence-corrected chi connectivity index (χ4v) is 1.47. The average molecular weight is 264 g/mol. The molecule has 0 spiro atoms. The van der Waals surface area contributed by atoms with E-state index in [2.05, 4.69) is 0 Å². The fourth-order valence-electron chi connectivity index (χ4n) is 1.47. The van der Waals surface area contributed by atoms with Gasteiger partial charge in [-0.05, 0) is 6.92 Å². The van der Waals surface area contributed by atoms with Crippen LogP contribution in [-0.2, 0) is 23.7 Å². The molecule has 0 aromatic rings. The Bertz CT molecular complexity index is 209. The van der Waals surface area contributed by atoms with E-state index in [-0.39, 0.29) is 18.6 Å². The third-order valence-electron chi connectivity index (χ3n) is 2.33. The number of hydrogen-bond donors (Lipinski definition) is 1. The summed E-state index contributed by atoms with van der Waals surface area (Å²) in [5.41, 5.74) is 0. The van der Waals surface area contributed by atoms with E-state index in [1.165, 1.54) is 0 Å². The van der Waals surface area contributed by atoms with E-state index in [0.717, 1.165) is 0 Å². The molecular formula is C12H24O6. The van der Waals surface area contributed by atoms with Crippen LogP contribution in [-0.4, -0.2) is 63.9 Å². The summed E-state index contributed by atoms with van der Waals surface area (Å²) in [5, 5.41) is 8.80. The van der Waals surface area contributed by atoms with Crippen molar-refractivity contribution < 1.29 is 28.8 Å². The number of ether oxygens (including phenoxy) is 4. The highest BCUT2D eigenvalue weighted by Gasteiger charge is 2.17. The average Bonchev–Trinajstić information content (AvgIpc) is 2.28. The molecule has 18 heavy (non-hydrogen) atoms. The third-order valence-corrected chi connectivity index (χ3v) is 2.33. The Kier molecular flexibility index (Phi) is 11.0. The molecule has 6 heteroatoms. The van der Waals surface area contributed by atoms with E-state index in [1.807, 2.05) is 6.92 Å². The maximum atomic E-state index is 10.7. The first-order valence-corrected chi connectivity index (χ1v) is 6.03. The van der Waals surface area contributed by atoms with E-state index >= 15 is 0 Å². The van der Waals surface area contributed by atoms with Crippen molar-refractivity contribution in [1.82, 2.24) is 0 Å². The topological polar surface area (TPSA) is 74.2 Å². The highest BCUT2D eigenvalue weighted by Crippen LogP contribution is 2.10. The minimum absolute atomic E-state index is 0.0261. The number of carboxylic acid groups (broad SMARTS) is 1. The van der Waals surface area contributed by atoms with Crippen LogP contribution < -0.4 is 0 Å². The van der Waals surface area contributed by atoms with Gasteiger partial charge in [-0.2, -0.15) is 0 Å². The molecule has 0 amide bonds. The molecule has 0 radical (unpaired) electrons. The fraction of sp³-hybridized carbons (Fsp3) is 0.917. The maximum Gasteiger partial charge on any atom is 0.305 e. The maximum absolute atomic E-state index is 10.7. The van der Waals surface area contributed by atoms with Crippen molar-refractivity contribution in [3.8, 4) is 0 Å². The first-order valence-electron chi connectivity index (χ1n) is 6.03. The summed E-state index contributed by atoms with van der Waals surface area (Å²) >= 11 is 0. The van der Waals surface area contributed by atoms with Gasteiger partial charge < -0.3 is 24.1 Å². The highest BCUT2D eigenvalue weighted by atomic mass is 16.5. The van der Waals surface area contributed by atoms with E-state index in [4.69, 9.17) is 24.1 Å². The number of aliphatic carboxylic acids is 1. The van der Waals surface area contributed by atoms with Crippen LogP contribution in [0.2, 0.25) is 0 Å². The van der Waals surface area contributed by atoms with Crippen molar-refractivity contribution in [2.24, 2.45) is 0 Å². The first-order chi connectivity index (χ1) is 8.60. The van der Waals surface area contributed by atoms with Crippen molar-refractivity contribution >= 4 is 5.97 Å². The highest BCUT2D eigenvalue weighted by molar-refractivity contribution is 5.67. The Balaban J connectivity index is 3.92. The Labute approximate surface area is 108 Å². The van der Waals surface area contributed by atoms with E-state index in [1.54, 1.807) is 14.2 Å². The van der Waals surface area contributed by atoms with Gasteiger partial charge in [0.1, 0.15) is 0 Å². The van der Waals surface area contributed by atoms with Crippen LogP contribution in [0, 0.1) is 0 Å². The van der Waals surface area contributed by atoms with Crippen LogP contribution in [0.15, 0.2) is 0 Å². The molecule has 0 rings (SSSR count). The normalized spacial score (nSPS) is 14.4. The summed E-state index contributed by atoms with van der Waals surface area (Å²) in [4.78, 5) is 10.7. The van der Waals surface area contributed by atoms with Gasteiger partial charge in [0.2, 0.25) is 0 Å². The molecule has 0 heterocycles. The van der Waals surface area contributed by atoms with Crippen LogP contribution in [0.5, 0.6) is 0 Å². The van der Waals surface area contributed by atoms with Crippen molar-refractivity contribution in [2.75, 3.05) is 40.6 Å². The van der Waals surface area contributed by atoms with Gasteiger partial charge in [-0.25, -0.2) is 0 Å². The van der Waals surface area contributed by atoms with Crippen molar-refractivity contribution in [3.63, 3.8) is 0 Å². The summed E-state index contributed by atoms with van der Waals surface area (Å²) in [5.74, 6) is -0.874. The summed E-state index contributed by atoms with van der Waals surface area (Å²) in [6.07, 6.45) is 0.101. The van der Waals surface area contributed by atoms with Gasteiger partial charge in [0.15, 0.2) is 0 Å². The molecule has 1 N–H and O–H groups in total. The Morgan fingerprint density at radius 3 is 2.11 bits per heavy atom. The second-order valence-electron chi connectivity index (χ2n) is 3.99. The minimum Gasteiger partial charge on any atom is -0.481 e. The summed E-state index contributed by atoms with van der Waals surface area (Å²) in [7, 11) is 3.18. The lowest BCUT2D eigenvalue weighted by Gasteiger charge is -2.20. The molecule has 0 aliphatic heterocycles. The van der Waals surface area contributed by atoms with Gasteiger partial charge in [-0.15, -0.1) is 0 Å². The van der Waals surface area contributed by atoms with Crippen molar-refractivity contribution in [1.29, 1.82) is 0 Å². The van der Waals surface area contributed by atoms with Gasteiger partial charge in [-0.1, -0.05) is 0 Å². The van der Waals surface area contributed by atoms with Gasteiger partial charge in [0, 0.05) is 20.6 Å². The summed E-state index contributed by atoms with van der Waals surface area (Å²) in [6, 6.07) is 0. The quantitative estimate of drug-likeness (QED) is 0.529. The molecule has 2 unspecified atom stereocenters. The summed E-state index contributed by atoms with van der Waals surface area (Å²) < 4.78 is 20.7. The second kappa shape index (κ2) is 11.4. The van der Waals surface area contributed by atoms with Crippen molar-refractivity contribution in [2.45, 2.75) is 32.0 Å². The molecule has 0 aliphatic rings.